The third-order valence-electron chi connectivity index (χ3n) is 4.63. The van der Waals surface area contributed by atoms with Gasteiger partial charge in [0.25, 0.3) is 0 Å². The Kier molecular flexibility index (Phi) is 2.23. The van der Waals surface area contributed by atoms with Crippen LogP contribution in [0.1, 0.15) is 53.9 Å². The predicted octanol–water partition coefficient (Wildman–Crippen LogP) is 3.20. The van der Waals surface area contributed by atoms with E-state index in [9.17, 15) is 0 Å². The van der Waals surface area contributed by atoms with E-state index >= 15 is 0 Å². The van der Waals surface area contributed by atoms with Crippen molar-refractivity contribution in [2.45, 2.75) is 66.0 Å². The van der Waals surface area contributed by atoms with Gasteiger partial charge < -0.3 is 5.32 Å². The van der Waals surface area contributed by atoms with Crippen LogP contribution in [0.4, 0.5) is 0 Å². The number of rotatable bonds is 3. The largest absolute Gasteiger partial charge is 0.311 e. The molecule has 2 rings (SSSR count). The lowest BCUT2D eigenvalue weighted by atomic mass is 9.68. The molecular formula is C13H25N. The van der Waals surface area contributed by atoms with Crippen LogP contribution in [-0.4, -0.2) is 12.1 Å². The first-order valence-electron chi connectivity index (χ1n) is 6.09. The molecule has 2 aliphatic rings. The van der Waals surface area contributed by atoms with Crippen LogP contribution in [0.5, 0.6) is 0 Å². The van der Waals surface area contributed by atoms with Crippen LogP contribution >= 0.6 is 0 Å². The second kappa shape index (κ2) is 2.98. The first kappa shape index (κ1) is 10.5. The van der Waals surface area contributed by atoms with Crippen molar-refractivity contribution in [2.75, 3.05) is 0 Å². The van der Waals surface area contributed by atoms with Crippen molar-refractivity contribution >= 4 is 0 Å². The Hall–Kier alpha value is -0.0400. The van der Waals surface area contributed by atoms with E-state index in [0.717, 1.165) is 18.0 Å². The van der Waals surface area contributed by atoms with Crippen LogP contribution in [-0.2, 0) is 0 Å². The molecule has 2 unspecified atom stereocenters. The summed E-state index contributed by atoms with van der Waals surface area (Å²) in [6.45, 7) is 11.9. The highest BCUT2D eigenvalue weighted by Crippen LogP contribution is 2.53. The quantitative estimate of drug-likeness (QED) is 0.729. The van der Waals surface area contributed by atoms with Crippen LogP contribution < -0.4 is 5.32 Å². The smallest absolute Gasteiger partial charge is 0.0132 e. The van der Waals surface area contributed by atoms with Gasteiger partial charge in [0.05, 0.1) is 0 Å². The zero-order chi connectivity index (χ0) is 10.6. The van der Waals surface area contributed by atoms with Gasteiger partial charge in [-0.05, 0) is 36.0 Å². The second-order valence-electron chi connectivity index (χ2n) is 6.85. The van der Waals surface area contributed by atoms with Crippen molar-refractivity contribution in [3.63, 3.8) is 0 Å². The molecule has 2 atom stereocenters. The molecule has 2 fully saturated rings. The highest BCUT2D eigenvalue weighted by atomic mass is 15.0. The molecule has 0 aliphatic heterocycles. The number of hydrogen-bond donors (Lipinski definition) is 1. The first-order valence-corrected chi connectivity index (χ1v) is 6.09. The predicted molar refractivity (Wildman–Crippen MR) is 61.3 cm³/mol. The summed E-state index contributed by atoms with van der Waals surface area (Å²) in [6.07, 6.45) is 4.14. The zero-order valence-electron chi connectivity index (χ0n) is 10.4. The standard InChI is InChI=1S/C13H25N/c1-9(2)13(5)8-11(13)14-10-6-12(3,4)7-10/h9-11,14H,6-8H2,1-5H3. The Labute approximate surface area is 88.7 Å². The molecule has 0 spiro atoms. The highest BCUT2D eigenvalue weighted by Gasteiger charge is 2.53. The molecule has 0 heterocycles. The molecule has 0 bridgehead atoms. The van der Waals surface area contributed by atoms with Crippen LogP contribution in [0.15, 0.2) is 0 Å². The van der Waals surface area contributed by atoms with Gasteiger partial charge in [-0.3, -0.25) is 0 Å². The van der Waals surface area contributed by atoms with Crippen LogP contribution in [0.3, 0.4) is 0 Å². The minimum Gasteiger partial charge on any atom is -0.311 e. The van der Waals surface area contributed by atoms with Gasteiger partial charge in [-0.2, -0.15) is 0 Å². The fraction of sp³-hybridized carbons (Fsp3) is 1.00. The molecule has 0 aromatic heterocycles. The van der Waals surface area contributed by atoms with Crippen molar-refractivity contribution in [2.24, 2.45) is 16.7 Å². The second-order valence-corrected chi connectivity index (χ2v) is 6.85. The van der Waals surface area contributed by atoms with E-state index in [1.165, 1.54) is 19.3 Å². The average Bonchev–Trinajstić information content (AvgIpc) is 2.59. The summed E-state index contributed by atoms with van der Waals surface area (Å²) in [7, 11) is 0. The van der Waals surface area contributed by atoms with Gasteiger partial charge in [0.2, 0.25) is 0 Å². The molecule has 1 N–H and O–H groups in total. The van der Waals surface area contributed by atoms with Crippen molar-refractivity contribution in [1.29, 1.82) is 0 Å². The fourth-order valence-corrected chi connectivity index (χ4v) is 2.94. The topological polar surface area (TPSA) is 12.0 Å². The van der Waals surface area contributed by atoms with Crippen molar-refractivity contribution in [3.8, 4) is 0 Å². The highest BCUT2D eigenvalue weighted by molar-refractivity contribution is 5.09. The van der Waals surface area contributed by atoms with Crippen LogP contribution in [0.25, 0.3) is 0 Å². The summed E-state index contributed by atoms with van der Waals surface area (Å²) in [5.74, 6) is 0.827. The molecule has 0 radical (unpaired) electrons. The molecule has 2 saturated carbocycles. The summed E-state index contributed by atoms with van der Waals surface area (Å²) in [5.41, 5.74) is 1.21. The first-order chi connectivity index (χ1) is 6.33. The molecule has 0 aromatic carbocycles. The Balaban J connectivity index is 1.75. The molecule has 2 aliphatic carbocycles. The van der Waals surface area contributed by atoms with E-state index in [2.05, 4.69) is 39.9 Å². The SMILES string of the molecule is CC(C)C1(C)CC1NC1CC(C)(C)C1. The van der Waals surface area contributed by atoms with E-state index in [0.29, 0.717) is 10.8 Å². The maximum atomic E-state index is 3.82. The maximum absolute atomic E-state index is 3.82. The van der Waals surface area contributed by atoms with Gasteiger partial charge in [-0.1, -0.05) is 34.6 Å². The molecule has 0 saturated heterocycles. The lowest BCUT2D eigenvalue weighted by Gasteiger charge is -2.43. The molecule has 0 amide bonds. The van der Waals surface area contributed by atoms with E-state index in [-0.39, 0.29) is 0 Å². The Bertz CT molecular complexity index is 223. The molecule has 1 nitrogen and oxygen atoms in total. The van der Waals surface area contributed by atoms with E-state index in [1.807, 2.05) is 0 Å². The summed E-state index contributed by atoms with van der Waals surface area (Å²) in [6, 6.07) is 1.62. The van der Waals surface area contributed by atoms with E-state index < -0.39 is 0 Å². The Morgan fingerprint density at radius 2 is 1.64 bits per heavy atom. The molecule has 0 aromatic rings. The molecule has 82 valence electrons. The van der Waals surface area contributed by atoms with Gasteiger partial charge in [0.1, 0.15) is 0 Å². The minimum absolute atomic E-state index is 0.597. The normalized spacial score (nSPS) is 41.1. The van der Waals surface area contributed by atoms with Gasteiger partial charge in [-0.25, -0.2) is 0 Å². The number of nitrogens with one attached hydrogen (secondary N) is 1. The van der Waals surface area contributed by atoms with Gasteiger partial charge in [-0.15, -0.1) is 0 Å². The van der Waals surface area contributed by atoms with Crippen molar-refractivity contribution < 1.29 is 0 Å². The van der Waals surface area contributed by atoms with Gasteiger partial charge >= 0.3 is 0 Å². The van der Waals surface area contributed by atoms with Gasteiger partial charge in [0, 0.05) is 12.1 Å². The summed E-state index contributed by atoms with van der Waals surface area (Å²) >= 11 is 0. The third kappa shape index (κ3) is 1.71. The Morgan fingerprint density at radius 1 is 1.07 bits per heavy atom. The Morgan fingerprint density at radius 3 is 2.00 bits per heavy atom. The van der Waals surface area contributed by atoms with Gasteiger partial charge in [0.15, 0.2) is 0 Å². The van der Waals surface area contributed by atoms with Crippen LogP contribution in [0, 0.1) is 16.7 Å². The maximum Gasteiger partial charge on any atom is 0.0132 e. The third-order valence-corrected chi connectivity index (χ3v) is 4.63. The minimum atomic E-state index is 0.597. The summed E-state index contributed by atoms with van der Waals surface area (Å²) in [5, 5.41) is 3.82. The summed E-state index contributed by atoms with van der Waals surface area (Å²) in [4.78, 5) is 0. The molecular weight excluding hydrogens is 170 g/mol. The summed E-state index contributed by atoms with van der Waals surface area (Å²) < 4.78 is 0. The molecule has 1 heteroatoms. The average molecular weight is 195 g/mol. The lowest BCUT2D eigenvalue weighted by molar-refractivity contribution is 0.120. The lowest BCUT2D eigenvalue weighted by Crippen LogP contribution is -2.47. The molecule has 14 heavy (non-hydrogen) atoms. The van der Waals surface area contributed by atoms with Crippen molar-refractivity contribution in [1.82, 2.24) is 5.32 Å². The van der Waals surface area contributed by atoms with E-state index in [1.54, 1.807) is 0 Å². The monoisotopic (exact) mass is 195 g/mol. The van der Waals surface area contributed by atoms with Crippen LogP contribution in [0.2, 0.25) is 0 Å². The fourth-order valence-electron chi connectivity index (χ4n) is 2.94. The number of hydrogen-bond acceptors (Lipinski definition) is 1. The van der Waals surface area contributed by atoms with E-state index in [4.69, 9.17) is 0 Å². The van der Waals surface area contributed by atoms with Crippen molar-refractivity contribution in [3.05, 3.63) is 0 Å². The zero-order valence-corrected chi connectivity index (χ0v) is 10.4.